The minimum absolute atomic E-state index is 0.1000. The summed E-state index contributed by atoms with van der Waals surface area (Å²) in [6, 6.07) is 0.1000. The summed E-state index contributed by atoms with van der Waals surface area (Å²) < 4.78 is 21.8. The van der Waals surface area contributed by atoms with Crippen LogP contribution in [0.2, 0.25) is 0 Å². The number of ether oxygens (including phenoxy) is 4. The van der Waals surface area contributed by atoms with Crippen molar-refractivity contribution in [2.45, 2.75) is 95.9 Å². The van der Waals surface area contributed by atoms with Gasteiger partial charge in [0, 0.05) is 38.5 Å². The van der Waals surface area contributed by atoms with Gasteiger partial charge >= 0.3 is 12.1 Å². The predicted octanol–water partition coefficient (Wildman–Crippen LogP) is 3.13. The van der Waals surface area contributed by atoms with Gasteiger partial charge in [0.2, 0.25) is 6.29 Å². The lowest BCUT2D eigenvalue weighted by Crippen LogP contribution is -2.59. The quantitative estimate of drug-likeness (QED) is 0.500. The molecular weight excluding hydrogens is 402 g/mol. The molecule has 2 heterocycles. The van der Waals surface area contributed by atoms with Crippen molar-refractivity contribution in [2.24, 2.45) is 11.8 Å². The van der Waals surface area contributed by atoms with E-state index in [1.165, 1.54) is 6.92 Å². The Balaban J connectivity index is 1.41. The second kappa shape index (κ2) is 9.36. The van der Waals surface area contributed by atoms with Crippen molar-refractivity contribution in [3.05, 3.63) is 11.3 Å². The third-order valence-corrected chi connectivity index (χ3v) is 7.35. The molecule has 2 aliphatic heterocycles. The third-order valence-electron chi connectivity index (χ3n) is 7.35. The summed E-state index contributed by atoms with van der Waals surface area (Å²) in [5, 5.41) is 10.2. The molecule has 1 saturated heterocycles. The van der Waals surface area contributed by atoms with Crippen LogP contribution in [0.5, 0.6) is 0 Å². The Labute approximate surface area is 183 Å². The second-order valence-electron chi connectivity index (χ2n) is 9.33. The molecule has 0 aromatic carbocycles. The van der Waals surface area contributed by atoms with E-state index < -0.39 is 24.5 Å². The normalized spacial score (nSPS) is 32.5. The van der Waals surface area contributed by atoms with E-state index in [1.807, 2.05) is 11.8 Å². The first-order chi connectivity index (χ1) is 14.9. The maximum absolute atomic E-state index is 13.1. The number of carbonyl (C=O) groups is 2. The Morgan fingerprint density at radius 2 is 1.77 bits per heavy atom. The maximum atomic E-state index is 13.1. The van der Waals surface area contributed by atoms with Crippen LogP contribution in [0.15, 0.2) is 11.3 Å². The lowest BCUT2D eigenvalue weighted by molar-refractivity contribution is -0.168. The van der Waals surface area contributed by atoms with E-state index in [4.69, 9.17) is 18.9 Å². The van der Waals surface area contributed by atoms with Crippen LogP contribution in [0.4, 0.5) is 4.79 Å². The topological polar surface area (TPSA) is 94.5 Å². The highest BCUT2D eigenvalue weighted by Crippen LogP contribution is 2.52. The smallest absolute Gasteiger partial charge is 0.431 e. The van der Waals surface area contributed by atoms with E-state index in [1.54, 1.807) is 7.11 Å². The predicted molar refractivity (Wildman–Crippen MR) is 111 cm³/mol. The Morgan fingerprint density at radius 1 is 1.03 bits per heavy atom. The van der Waals surface area contributed by atoms with E-state index in [-0.39, 0.29) is 30.1 Å². The van der Waals surface area contributed by atoms with Crippen LogP contribution in [-0.2, 0) is 23.7 Å². The minimum Gasteiger partial charge on any atom is -0.431 e. The number of hydrogen-bond donors (Lipinski definition) is 1. The average Bonchev–Trinajstić information content (AvgIpc) is 2.95. The molecule has 0 bridgehead atoms. The van der Waals surface area contributed by atoms with Gasteiger partial charge in [0.1, 0.15) is 11.8 Å². The molecular formula is C23H35NO7. The van der Waals surface area contributed by atoms with Crippen LogP contribution in [0.3, 0.4) is 0 Å². The van der Waals surface area contributed by atoms with Gasteiger partial charge in [-0.2, -0.15) is 0 Å². The summed E-state index contributed by atoms with van der Waals surface area (Å²) in [7, 11) is 1.66. The van der Waals surface area contributed by atoms with Crippen LogP contribution in [0, 0.1) is 11.8 Å². The molecule has 31 heavy (non-hydrogen) atoms. The monoisotopic (exact) mass is 437 g/mol. The van der Waals surface area contributed by atoms with Gasteiger partial charge < -0.3 is 29.0 Å². The van der Waals surface area contributed by atoms with Crippen LogP contribution < -0.4 is 0 Å². The van der Waals surface area contributed by atoms with Gasteiger partial charge in [-0.3, -0.25) is 0 Å². The van der Waals surface area contributed by atoms with Crippen molar-refractivity contribution in [1.82, 2.24) is 4.90 Å². The zero-order valence-electron chi connectivity index (χ0n) is 18.7. The molecule has 8 nitrogen and oxygen atoms in total. The molecule has 0 unspecified atom stereocenters. The summed E-state index contributed by atoms with van der Waals surface area (Å²) in [4.78, 5) is 27.3. The van der Waals surface area contributed by atoms with Crippen LogP contribution in [0.25, 0.3) is 0 Å². The molecule has 0 aromatic rings. The van der Waals surface area contributed by atoms with Crippen molar-refractivity contribution in [3.63, 3.8) is 0 Å². The number of aliphatic hydroxyl groups excluding tert-OH is 1. The van der Waals surface area contributed by atoms with Crippen molar-refractivity contribution in [1.29, 1.82) is 0 Å². The molecule has 2 aliphatic carbocycles. The standard InChI is InChI=1S/C23H35NO7/c1-13(25)17-12-24-20(17)16-10-7-11-18(28-3)19(16)21(24)22(26)29-14(2)30-23(27)31-15-8-5-4-6-9-15/h13-18,20,25H,4-12H2,1-3H3/t13-,14-,16+,17-,18+,20-/m1/s1. The lowest BCUT2D eigenvalue weighted by atomic mass is 9.72. The molecule has 0 aromatic heterocycles. The Morgan fingerprint density at radius 3 is 2.45 bits per heavy atom. The van der Waals surface area contributed by atoms with Crippen LogP contribution >= 0.6 is 0 Å². The van der Waals surface area contributed by atoms with Crippen molar-refractivity contribution < 1.29 is 33.6 Å². The molecule has 0 spiro atoms. The van der Waals surface area contributed by atoms with Gasteiger partial charge in [0.15, 0.2) is 0 Å². The highest BCUT2D eigenvalue weighted by molar-refractivity contribution is 5.90. The summed E-state index contributed by atoms with van der Waals surface area (Å²) in [5.41, 5.74) is 1.50. The van der Waals surface area contributed by atoms with Crippen LogP contribution in [-0.4, -0.2) is 66.4 Å². The summed E-state index contributed by atoms with van der Waals surface area (Å²) in [5.74, 6) is -0.199. The number of fused-ring (bicyclic) bond motifs is 3. The van der Waals surface area contributed by atoms with Gasteiger partial charge in [-0.1, -0.05) is 6.42 Å². The van der Waals surface area contributed by atoms with E-state index in [9.17, 15) is 14.7 Å². The summed E-state index contributed by atoms with van der Waals surface area (Å²) in [6.45, 7) is 3.95. The SMILES string of the molecule is CO[C@H]1CCC[C@H]2C1=C(C(=O)O[C@@H](C)OC(=O)OC1CCCCC1)N1C[C@H]([C@@H](C)O)[C@@H]21. The molecule has 4 aliphatic rings. The lowest BCUT2D eigenvalue weighted by Gasteiger charge is -2.50. The summed E-state index contributed by atoms with van der Waals surface area (Å²) in [6.07, 6.45) is 5.28. The van der Waals surface area contributed by atoms with E-state index in [0.717, 1.165) is 56.9 Å². The highest BCUT2D eigenvalue weighted by atomic mass is 16.8. The number of nitrogens with zero attached hydrogens (tertiary/aromatic N) is 1. The average molecular weight is 438 g/mol. The number of hydrogen-bond acceptors (Lipinski definition) is 8. The fourth-order valence-electron chi connectivity index (χ4n) is 5.86. The maximum Gasteiger partial charge on any atom is 0.511 e. The van der Waals surface area contributed by atoms with Crippen molar-refractivity contribution in [2.75, 3.05) is 13.7 Å². The Kier molecular flexibility index (Phi) is 6.77. The molecule has 3 fully saturated rings. The van der Waals surface area contributed by atoms with E-state index in [2.05, 4.69) is 0 Å². The first-order valence-electron chi connectivity index (χ1n) is 11.7. The highest BCUT2D eigenvalue weighted by Gasteiger charge is 2.57. The molecule has 174 valence electrons. The zero-order valence-corrected chi connectivity index (χ0v) is 18.7. The number of carbonyl (C=O) groups excluding carboxylic acids is 2. The number of esters is 1. The molecule has 2 saturated carbocycles. The fourth-order valence-corrected chi connectivity index (χ4v) is 5.86. The van der Waals surface area contributed by atoms with Gasteiger partial charge in [-0.15, -0.1) is 0 Å². The first-order valence-corrected chi connectivity index (χ1v) is 11.7. The third kappa shape index (κ3) is 4.42. The Bertz CT molecular complexity index is 715. The molecule has 6 atom stereocenters. The first kappa shape index (κ1) is 22.4. The van der Waals surface area contributed by atoms with E-state index >= 15 is 0 Å². The van der Waals surface area contributed by atoms with Gasteiger partial charge in [-0.05, 0) is 57.4 Å². The second-order valence-corrected chi connectivity index (χ2v) is 9.33. The zero-order chi connectivity index (χ0) is 22.1. The summed E-state index contributed by atoms with van der Waals surface area (Å²) >= 11 is 0. The van der Waals surface area contributed by atoms with E-state index in [0.29, 0.717) is 12.2 Å². The van der Waals surface area contributed by atoms with Crippen molar-refractivity contribution in [3.8, 4) is 0 Å². The molecule has 0 radical (unpaired) electrons. The number of methoxy groups -OCH3 is 1. The molecule has 1 N–H and O–H groups in total. The number of aliphatic hydroxyl groups is 1. The fraction of sp³-hybridized carbons (Fsp3) is 0.826. The van der Waals surface area contributed by atoms with Crippen molar-refractivity contribution >= 4 is 12.1 Å². The minimum atomic E-state index is -1.05. The van der Waals surface area contributed by atoms with Crippen LogP contribution in [0.1, 0.15) is 65.2 Å². The van der Waals surface area contributed by atoms with Gasteiger partial charge in [-0.25, -0.2) is 9.59 Å². The molecule has 8 heteroatoms. The van der Waals surface area contributed by atoms with Gasteiger partial charge in [0.05, 0.1) is 12.2 Å². The Hall–Kier alpha value is -1.80. The molecule has 4 rings (SSSR count). The largest absolute Gasteiger partial charge is 0.511 e. The molecule has 0 amide bonds. The number of rotatable bonds is 6. The van der Waals surface area contributed by atoms with Gasteiger partial charge in [0.25, 0.3) is 0 Å².